The maximum atomic E-state index is 13.3. The lowest BCUT2D eigenvalue weighted by Gasteiger charge is -2.47. The second-order valence-corrected chi connectivity index (χ2v) is 13.6. The minimum atomic E-state index is -1.23. The van der Waals surface area contributed by atoms with E-state index in [0.29, 0.717) is 13.2 Å². The molecule has 2 unspecified atom stereocenters. The highest BCUT2D eigenvalue weighted by Crippen LogP contribution is 2.53. The van der Waals surface area contributed by atoms with Crippen LogP contribution in [0.3, 0.4) is 0 Å². The summed E-state index contributed by atoms with van der Waals surface area (Å²) in [5.41, 5.74) is 4.70. The fraction of sp³-hybridized carbons (Fsp3) is 0.444. The minimum absolute atomic E-state index is 0.0289. The summed E-state index contributed by atoms with van der Waals surface area (Å²) >= 11 is 1.05. The molecule has 3 aliphatic heterocycles. The molecule has 6 rings (SSSR count). The third kappa shape index (κ3) is 5.01. The number of fused-ring (bicyclic) bond motifs is 1. The van der Waals surface area contributed by atoms with E-state index in [1.165, 1.54) is 10.5 Å². The zero-order valence-electron chi connectivity index (χ0n) is 26.5. The second kappa shape index (κ2) is 11.9. The number of benzene rings is 3. The molecule has 0 N–H and O–H groups in total. The van der Waals surface area contributed by atoms with Crippen LogP contribution in [0.4, 0.5) is 4.79 Å². The molecule has 0 bridgehead atoms. The predicted molar refractivity (Wildman–Crippen MR) is 173 cm³/mol. The van der Waals surface area contributed by atoms with E-state index in [1.54, 1.807) is 7.11 Å². The molecule has 3 aliphatic rings. The Hall–Kier alpha value is -3.33. The van der Waals surface area contributed by atoms with Crippen molar-refractivity contribution in [1.29, 1.82) is 0 Å². The van der Waals surface area contributed by atoms with Gasteiger partial charge in [0.15, 0.2) is 5.72 Å². The molecule has 3 aromatic carbocycles. The molecule has 0 radical (unpaired) electrons. The maximum absolute atomic E-state index is 13.3. The molecule has 44 heavy (non-hydrogen) atoms. The monoisotopic (exact) mass is 614 g/mol. The van der Waals surface area contributed by atoms with E-state index >= 15 is 0 Å². The van der Waals surface area contributed by atoms with Crippen molar-refractivity contribution < 1.29 is 23.8 Å². The summed E-state index contributed by atoms with van der Waals surface area (Å²) in [4.78, 5) is 30.4. The second-order valence-electron chi connectivity index (χ2n) is 12.7. The number of nitrogens with zero attached hydrogens (tertiary/aromatic N) is 2. The van der Waals surface area contributed by atoms with Gasteiger partial charge in [-0.2, -0.15) is 0 Å². The number of hydrogen-bond acceptors (Lipinski definition) is 7. The van der Waals surface area contributed by atoms with Gasteiger partial charge in [-0.25, -0.2) is 4.90 Å². The van der Waals surface area contributed by atoms with Crippen LogP contribution in [0, 0.1) is 20.8 Å². The van der Waals surface area contributed by atoms with Crippen molar-refractivity contribution in [3.8, 4) is 11.5 Å². The van der Waals surface area contributed by atoms with Gasteiger partial charge in [-0.15, -0.1) is 0 Å². The lowest BCUT2D eigenvalue weighted by atomic mass is 9.82. The highest BCUT2D eigenvalue weighted by molar-refractivity contribution is 8.14. The van der Waals surface area contributed by atoms with Crippen molar-refractivity contribution >= 4 is 22.9 Å². The molecule has 7 nitrogen and oxygen atoms in total. The number of carbonyl (C=O) groups excluding carboxylic acids is 2. The zero-order chi connectivity index (χ0) is 31.2. The first kappa shape index (κ1) is 30.7. The third-order valence-corrected chi connectivity index (χ3v) is 10.6. The van der Waals surface area contributed by atoms with Gasteiger partial charge in [0, 0.05) is 30.7 Å². The number of methoxy groups -OCH3 is 1. The van der Waals surface area contributed by atoms with E-state index in [2.05, 4.69) is 51.7 Å². The number of likely N-dealkylation sites (tertiary alicyclic amines) is 1. The average Bonchev–Trinajstić information content (AvgIpc) is 3.70. The molecule has 232 valence electrons. The lowest BCUT2D eigenvalue weighted by molar-refractivity contribution is -0.175. The Bertz CT molecular complexity index is 1540. The van der Waals surface area contributed by atoms with E-state index in [4.69, 9.17) is 14.2 Å². The fourth-order valence-corrected chi connectivity index (χ4v) is 8.24. The van der Waals surface area contributed by atoms with E-state index < -0.39 is 11.3 Å². The van der Waals surface area contributed by atoms with Gasteiger partial charge >= 0.3 is 0 Å². The summed E-state index contributed by atoms with van der Waals surface area (Å²) in [7, 11) is 1.62. The molecule has 2 fully saturated rings. The molecule has 2 amide bonds. The standard InChI is InChI=1S/C36H42N2O5S/c1-23-24(2)33-31(25(3)32(23)42-21-26-14-9-7-10-15-26)28(35(4,5)43-33)20-37-19-13-18-29(37)36(41-6,27-16-11-8-12-17-27)38-30(39)22-44-34(38)40/h7-12,14-17,28-29H,13,18-22H2,1-6H3/t28?,29-,36?/m0/s1. The Labute approximate surface area is 264 Å². The summed E-state index contributed by atoms with van der Waals surface area (Å²) < 4.78 is 19.7. The van der Waals surface area contributed by atoms with Crippen molar-refractivity contribution in [2.75, 3.05) is 26.0 Å². The number of hydrogen-bond donors (Lipinski definition) is 0. The number of rotatable bonds is 9. The van der Waals surface area contributed by atoms with Gasteiger partial charge in [0.1, 0.15) is 23.7 Å². The quantitative estimate of drug-likeness (QED) is 0.255. The number of thioether (sulfide) groups is 1. The molecule has 0 aromatic heterocycles. The molecule has 3 heterocycles. The van der Waals surface area contributed by atoms with Crippen LogP contribution in [0.5, 0.6) is 11.5 Å². The smallest absolute Gasteiger partial charge is 0.291 e. The van der Waals surface area contributed by atoms with Crippen LogP contribution in [-0.2, 0) is 21.9 Å². The molecule has 8 heteroatoms. The number of carbonyl (C=O) groups is 2. The third-order valence-electron chi connectivity index (χ3n) is 9.83. The predicted octanol–water partition coefficient (Wildman–Crippen LogP) is 7.10. The fourth-order valence-electron chi connectivity index (χ4n) is 7.50. The highest BCUT2D eigenvalue weighted by Gasteiger charge is 2.57. The molecular weight excluding hydrogens is 572 g/mol. The van der Waals surface area contributed by atoms with E-state index in [-0.39, 0.29) is 28.9 Å². The van der Waals surface area contributed by atoms with Crippen LogP contribution in [0.1, 0.15) is 66.0 Å². The first-order chi connectivity index (χ1) is 21.1. The maximum Gasteiger partial charge on any atom is 0.291 e. The molecule has 0 aliphatic carbocycles. The molecule has 2 saturated heterocycles. The Morgan fingerprint density at radius 3 is 2.30 bits per heavy atom. The van der Waals surface area contributed by atoms with Gasteiger partial charge in [-0.3, -0.25) is 14.5 Å². The first-order valence-corrected chi connectivity index (χ1v) is 16.4. The van der Waals surface area contributed by atoms with Gasteiger partial charge in [-0.1, -0.05) is 72.4 Å². The normalized spacial score (nSPS) is 22.6. The van der Waals surface area contributed by atoms with Crippen LogP contribution < -0.4 is 9.47 Å². The van der Waals surface area contributed by atoms with Crippen molar-refractivity contribution in [3.63, 3.8) is 0 Å². The van der Waals surface area contributed by atoms with Gasteiger partial charge < -0.3 is 14.2 Å². The van der Waals surface area contributed by atoms with Crippen LogP contribution in [0.2, 0.25) is 0 Å². The van der Waals surface area contributed by atoms with E-state index in [0.717, 1.165) is 70.5 Å². The lowest BCUT2D eigenvalue weighted by Crippen LogP contribution is -2.61. The van der Waals surface area contributed by atoms with Gasteiger partial charge in [0.2, 0.25) is 5.91 Å². The minimum Gasteiger partial charge on any atom is -0.488 e. The summed E-state index contributed by atoms with van der Waals surface area (Å²) in [6.07, 6.45) is 1.73. The van der Waals surface area contributed by atoms with Gasteiger partial charge in [0.25, 0.3) is 5.24 Å². The highest BCUT2D eigenvalue weighted by atomic mass is 32.2. The molecule has 0 spiro atoms. The van der Waals surface area contributed by atoms with Crippen molar-refractivity contribution in [2.45, 2.75) is 77.4 Å². The zero-order valence-corrected chi connectivity index (χ0v) is 27.3. The Morgan fingerprint density at radius 2 is 1.66 bits per heavy atom. The van der Waals surface area contributed by atoms with E-state index in [1.807, 2.05) is 48.5 Å². The van der Waals surface area contributed by atoms with Crippen LogP contribution in [0.15, 0.2) is 60.7 Å². The van der Waals surface area contributed by atoms with Gasteiger partial charge in [-0.05, 0) is 76.3 Å². The SMILES string of the molecule is COC(c1ccccc1)([C@@H]1CCCN1CC1c2c(C)c(OCc3ccccc3)c(C)c(C)c2OC1(C)C)N1C(=O)CSC1=O. The van der Waals surface area contributed by atoms with Crippen molar-refractivity contribution in [1.82, 2.24) is 9.80 Å². The molecular formula is C36H42N2O5S. The van der Waals surface area contributed by atoms with Crippen LogP contribution in [0.25, 0.3) is 0 Å². The summed E-state index contributed by atoms with van der Waals surface area (Å²) in [5.74, 6) is 1.80. The summed E-state index contributed by atoms with van der Waals surface area (Å²) in [5, 5.41) is -0.260. The Morgan fingerprint density at radius 1 is 0.977 bits per heavy atom. The average molecular weight is 615 g/mol. The molecule has 3 aromatic rings. The van der Waals surface area contributed by atoms with Crippen LogP contribution in [-0.4, -0.2) is 58.5 Å². The summed E-state index contributed by atoms with van der Waals surface area (Å²) in [6, 6.07) is 19.8. The Kier molecular flexibility index (Phi) is 8.28. The molecule has 0 saturated carbocycles. The van der Waals surface area contributed by atoms with Crippen LogP contribution >= 0.6 is 11.8 Å². The number of amides is 2. The number of ether oxygens (including phenoxy) is 3. The molecule has 3 atom stereocenters. The van der Waals surface area contributed by atoms with E-state index in [9.17, 15) is 9.59 Å². The number of imide groups is 1. The largest absolute Gasteiger partial charge is 0.488 e. The van der Waals surface area contributed by atoms with Crippen molar-refractivity contribution in [3.05, 3.63) is 94.0 Å². The Balaban J connectivity index is 1.39. The van der Waals surface area contributed by atoms with Crippen molar-refractivity contribution in [2.24, 2.45) is 0 Å². The topological polar surface area (TPSA) is 68.3 Å². The first-order valence-electron chi connectivity index (χ1n) is 15.4. The summed E-state index contributed by atoms with van der Waals surface area (Å²) in [6.45, 7) is 12.7. The van der Waals surface area contributed by atoms with Gasteiger partial charge in [0.05, 0.1) is 11.8 Å².